The zero-order valence-corrected chi connectivity index (χ0v) is 9.64. The van der Waals surface area contributed by atoms with E-state index in [9.17, 15) is 4.79 Å². The van der Waals surface area contributed by atoms with Crippen molar-refractivity contribution in [2.45, 2.75) is 24.1 Å². The summed E-state index contributed by atoms with van der Waals surface area (Å²) in [4.78, 5) is 11.1. The highest BCUT2D eigenvalue weighted by Gasteiger charge is 2.59. The van der Waals surface area contributed by atoms with Crippen LogP contribution in [0.25, 0.3) is 0 Å². The van der Waals surface area contributed by atoms with Crippen LogP contribution in [0.4, 0.5) is 0 Å². The monoisotopic (exact) mass is 262 g/mol. The lowest BCUT2D eigenvalue weighted by molar-refractivity contribution is -0.137. The number of carbonyl (C=O) groups excluding carboxylic acids is 1. The number of fused-ring (bicyclic) bond motifs is 1. The fourth-order valence-corrected chi connectivity index (χ4v) is 3.16. The Labute approximate surface area is 91.7 Å². The van der Waals surface area contributed by atoms with Crippen LogP contribution in [0.3, 0.4) is 0 Å². The molecular formula is C10H12BrClO. The van der Waals surface area contributed by atoms with E-state index in [1.165, 1.54) is 0 Å². The highest BCUT2D eigenvalue weighted by Crippen LogP contribution is 2.53. The Morgan fingerprint density at radius 1 is 1.69 bits per heavy atom. The van der Waals surface area contributed by atoms with Crippen molar-refractivity contribution in [2.24, 2.45) is 11.8 Å². The number of hydrogen-bond donors (Lipinski definition) is 0. The van der Waals surface area contributed by atoms with E-state index < -0.39 is 4.87 Å². The first-order valence-electron chi connectivity index (χ1n) is 4.66. The van der Waals surface area contributed by atoms with Gasteiger partial charge >= 0.3 is 0 Å². The molecule has 72 valence electrons. The van der Waals surface area contributed by atoms with Crippen LogP contribution in [0.5, 0.6) is 0 Å². The molecule has 0 radical (unpaired) electrons. The summed E-state index contributed by atoms with van der Waals surface area (Å²) < 4.78 is 0. The third-order valence-electron chi connectivity index (χ3n) is 3.12. The van der Waals surface area contributed by atoms with Gasteiger partial charge < -0.3 is 0 Å². The van der Waals surface area contributed by atoms with Crippen LogP contribution in [0, 0.1) is 11.8 Å². The number of rotatable bonds is 3. The van der Waals surface area contributed by atoms with E-state index in [0.29, 0.717) is 5.92 Å². The number of hydrogen-bond acceptors (Lipinski definition) is 1. The van der Waals surface area contributed by atoms with E-state index in [2.05, 4.69) is 28.1 Å². The molecule has 0 heterocycles. The molecule has 0 bridgehead atoms. The van der Waals surface area contributed by atoms with E-state index >= 15 is 0 Å². The highest BCUT2D eigenvalue weighted by molar-refractivity contribution is 9.09. The van der Waals surface area contributed by atoms with Crippen molar-refractivity contribution < 1.29 is 4.79 Å². The molecule has 13 heavy (non-hydrogen) atoms. The molecule has 0 N–H and O–H groups in total. The molecule has 0 unspecified atom stereocenters. The smallest absolute Gasteiger partial charge is 0.158 e. The van der Waals surface area contributed by atoms with Gasteiger partial charge in [-0.1, -0.05) is 28.1 Å². The summed E-state index contributed by atoms with van der Waals surface area (Å²) in [5.41, 5.74) is 0. The van der Waals surface area contributed by atoms with Crippen LogP contribution in [0.1, 0.15) is 19.3 Å². The topological polar surface area (TPSA) is 17.1 Å². The Kier molecular flexibility index (Phi) is 2.54. The lowest BCUT2D eigenvalue weighted by Crippen LogP contribution is -2.57. The van der Waals surface area contributed by atoms with Crippen LogP contribution >= 0.6 is 27.5 Å². The van der Waals surface area contributed by atoms with Crippen molar-refractivity contribution in [1.82, 2.24) is 0 Å². The van der Waals surface area contributed by atoms with Gasteiger partial charge in [0.1, 0.15) is 4.87 Å². The van der Waals surface area contributed by atoms with E-state index in [1.54, 1.807) is 0 Å². The molecule has 0 aromatic carbocycles. The van der Waals surface area contributed by atoms with Crippen LogP contribution in [-0.2, 0) is 4.79 Å². The van der Waals surface area contributed by atoms with Gasteiger partial charge in [-0.2, -0.15) is 0 Å². The van der Waals surface area contributed by atoms with Gasteiger partial charge in [-0.3, -0.25) is 4.79 Å². The summed E-state index contributed by atoms with van der Waals surface area (Å²) >= 11 is 9.68. The molecule has 0 aromatic heterocycles. The molecule has 3 atom stereocenters. The molecule has 1 fully saturated rings. The Hall–Kier alpha value is 0.180. The Balaban J connectivity index is 2.06. The third kappa shape index (κ3) is 1.30. The Morgan fingerprint density at radius 3 is 3.15 bits per heavy atom. The normalized spacial score (nSPS) is 41.8. The fourth-order valence-electron chi connectivity index (χ4n) is 2.38. The molecule has 0 aliphatic heterocycles. The van der Waals surface area contributed by atoms with Gasteiger partial charge in [0.25, 0.3) is 0 Å². The Bertz CT molecular complexity index is 264. The van der Waals surface area contributed by atoms with Crippen LogP contribution < -0.4 is 0 Å². The number of allylic oxidation sites excluding steroid dienone is 2. The highest BCUT2D eigenvalue weighted by atomic mass is 79.9. The Morgan fingerprint density at radius 2 is 2.46 bits per heavy atom. The summed E-state index contributed by atoms with van der Waals surface area (Å²) in [7, 11) is 0. The minimum Gasteiger partial charge on any atom is -0.297 e. The maximum atomic E-state index is 11.7. The lowest BCUT2D eigenvalue weighted by Gasteiger charge is -2.45. The first kappa shape index (κ1) is 9.72. The van der Waals surface area contributed by atoms with Crippen molar-refractivity contribution in [1.29, 1.82) is 0 Å². The molecule has 0 aromatic rings. The molecule has 1 saturated carbocycles. The standard InChI is InChI=1S/C10H12BrClO/c11-6-2-5-10(12)8-4-1-3-7(8)9(10)13/h1,4,7-8H,2-3,5-6H2/t7-,8+,10-/m1/s1. The van der Waals surface area contributed by atoms with Crippen molar-refractivity contribution in [2.75, 3.05) is 5.33 Å². The maximum absolute atomic E-state index is 11.7. The minimum absolute atomic E-state index is 0.216. The summed E-state index contributed by atoms with van der Waals surface area (Å²) in [6.07, 6.45) is 6.90. The average Bonchev–Trinajstić information content (AvgIpc) is 2.59. The van der Waals surface area contributed by atoms with E-state index in [-0.39, 0.29) is 11.7 Å². The number of halogens is 2. The van der Waals surface area contributed by atoms with E-state index in [4.69, 9.17) is 11.6 Å². The van der Waals surface area contributed by atoms with E-state index in [0.717, 1.165) is 24.6 Å². The molecule has 2 rings (SSSR count). The number of ketones is 1. The summed E-state index contributed by atoms with van der Waals surface area (Å²) in [5.74, 6) is 0.804. The zero-order valence-electron chi connectivity index (χ0n) is 7.30. The quantitative estimate of drug-likeness (QED) is 0.565. The summed E-state index contributed by atoms with van der Waals surface area (Å²) in [6, 6.07) is 0. The van der Waals surface area contributed by atoms with Gasteiger partial charge in [0, 0.05) is 17.2 Å². The van der Waals surface area contributed by atoms with Crippen molar-refractivity contribution in [3.63, 3.8) is 0 Å². The van der Waals surface area contributed by atoms with Crippen molar-refractivity contribution in [3.8, 4) is 0 Å². The molecule has 2 aliphatic rings. The lowest BCUT2D eigenvalue weighted by atomic mass is 9.63. The summed E-state index contributed by atoms with van der Waals surface area (Å²) in [6.45, 7) is 0. The number of alkyl halides is 2. The molecule has 2 aliphatic carbocycles. The fraction of sp³-hybridized carbons (Fsp3) is 0.700. The molecule has 0 amide bonds. The van der Waals surface area contributed by atoms with Gasteiger partial charge in [-0.25, -0.2) is 0 Å². The van der Waals surface area contributed by atoms with Gasteiger partial charge in [-0.05, 0) is 19.3 Å². The van der Waals surface area contributed by atoms with Gasteiger partial charge in [-0.15, -0.1) is 11.6 Å². The van der Waals surface area contributed by atoms with Crippen LogP contribution in [0.2, 0.25) is 0 Å². The average molecular weight is 264 g/mol. The largest absolute Gasteiger partial charge is 0.297 e. The van der Waals surface area contributed by atoms with Gasteiger partial charge in [0.15, 0.2) is 5.78 Å². The van der Waals surface area contributed by atoms with Crippen LogP contribution in [-0.4, -0.2) is 16.0 Å². The minimum atomic E-state index is -0.550. The number of Topliss-reactive ketones (excluding diaryl/α,β-unsaturated/α-hetero) is 1. The molecule has 3 heteroatoms. The number of carbonyl (C=O) groups is 1. The van der Waals surface area contributed by atoms with Gasteiger partial charge in [0.2, 0.25) is 0 Å². The predicted molar refractivity (Wildman–Crippen MR) is 57.4 cm³/mol. The van der Waals surface area contributed by atoms with Crippen molar-refractivity contribution >= 4 is 33.3 Å². The second kappa shape index (κ2) is 3.39. The first-order chi connectivity index (χ1) is 6.20. The second-order valence-electron chi connectivity index (χ2n) is 3.82. The summed E-state index contributed by atoms with van der Waals surface area (Å²) in [5, 5.41) is 0.926. The SMILES string of the molecule is O=C1[C@@H]2CC=C[C@@H]2[C@]1(Cl)CCCBr. The maximum Gasteiger partial charge on any atom is 0.158 e. The molecular weight excluding hydrogens is 251 g/mol. The predicted octanol–water partition coefficient (Wildman–Crippen LogP) is 2.91. The van der Waals surface area contributed by atoms with Gasteiger partial charge in [0.05, 0.1) is 0 Å². The van der Waals surface area contributed by atoms with Crippen molar-refractivity contribution in [3.05, 3.63) is 12.2 Å². The first-order valence-corrected chi connectivity index (χ1v) is 6.16. The zero-order chi connectivity index (χ0) is 9.47. The molecule has 1 nitrogen and oxygen atoms in total. The van der Waals surface area contributed by atoms with E-state index in [1.807, 2.05) is 0 Å². The molecule has 0 saturated heterocycles. The second-order valence-corrected chi connectivity index (χ2v) is 5.28. The van der Waals surface area contributed by atoms with Crippen LogP contribution in [0.15, 0.2) is 12.2 Å². The third-order valence-corrected chi connectivity index (χ3v) is 4.30. The molecule has 0 spiro atoms.